The first-order valence-electron chi connectivity index (χ1n) is 5.28. The Bertz CT molecular complexity index is 253. The van der Waals surface area contributed by atoms with E-state index >= 15 is 0 Å². The molecule has 0 saturated carbocycles. The van der Waals surface area contributed by atoms with Gasteiger partial charge in [0.2, 0.25) is 5.91 Å². The Morgan fingerprint density at radius 1 is 1.38 bits per heavy atom. The molecule has 3 N–H and O–H groups in total. The number of carboxylic acids is 1. The quantitative estimate of drug-likeness (QED) is 0.539. The van der Waals surface area contributed by atoms with Crippen LogP contribution in [0.1, 0.15) is 20.8 Å². The summed E-state index contributed by atoms with van der Waals surface area (Å²) in [5, 5.41) is 20.9. The second-order valence-electron chi connectivity index (χ2n) is 3.84. The summed E-state index contributed by atoms with van der Waals surface area (Å²) < 4.78 is 0. The molecule has 0 aliphatic carbocycles. The molecule has 0 heterocycles. The number of nitrogens with one attached hydrogen (secondary N) is 1. The highest BCUT2D eigenvalue weighted by Crippen LogP contribution is 2.06. The number of carbonyl (C=O) groups excluding carboxylic acids is 1. The van der Waals surface area contributed by atoms with E-state index in [4.69, 9.17) is 5.11 Å². The summed E-state index contributed by atoms with van der Waals surface area (Å²) in [7, 11) is 0. The lowest BCUT2D eigenvalue weighted by atomic mass is 10.1. The number of amides is 1. The Balaban J connectivity index is 4.30. The third-order valence-corrected chi connectivity index (χ3v) is 2.18. The maximum Gasteiger partial charge on any atom is 0.336 e. The smallest absolute Gasteiger partial charge is 0.336 e. The van der Waals surface area contributed by atoms with E-state index in [1.54, 1.807) is 11.8 Å². The summed E-state index contributed by atoms with van der Waals surface area (Å²) in [6.45, 7) is 5.88. The number of aliphatic hydroxyl groups is 1. The van der Waals surface area contributed by atoms with Crippen LogP contribution in [0, 0.1) is 0 Å². The van der Waals surface area contributed by atoms with E-state index in [1.165, 1.54) is 6.92 Å². The van der Waals surface area contributed by atoms with Crippen LogP contribution in [0.5, 0.6) is 0 Å². The van der Waals surface area contributed by atoms with Crippen molar-refractivity contribution in [1.29, 1.82) is 0 Å². The Kier molecular flexibility index (Phi) is 5.98. The lowest BCUT2D eigenvalue weighted by molar-refractivity contribution is -0.158. The molecule has 16 heavy (non-hydrogen) atoms. The SMILES string of the molecule is CCNC(=O)CN(CC)CC(C)(O)C(=O)O. The summed E-state index contributed by atoms with van der Waals surface area (Å²) in [4.78, 5) is 23.6. The topological polar surface area (TPSA) is 89.9 Å². The molecule has 6 nitrogen and oxygen atoms in total. The first-order chi connectivity index (χ1) is 7.33. The molecule has 0 aromatic carbocycles. The molecule has 0 rings (SSSR count). The van der Waals surface area contributed by atoms with Crippen molar-refractivity contribution >= 4 is 11.9 Å². The van der Waals surface area contributed by atoms with Crippen molar-refractivity contribution in [3.63, 3.8) is 0 Å². The van der Waals surface area contributed by atoms with Crippen molar-refractivity contribution in [2.45, 2.75) is 26.4 Å². The normalized spacial score (nSPS) is 14.6. The van der Waals surface area contributed by atoms with Crippen LogP contribution < -0.4 is 5.32 Å². The van der Waals surface area contributed by atoms with Crippen LogP contribution in [0.3, 0.4) is 0 Å². The predicted molar refractivity (Wildman–Crippen MR) is 59.1 cm³/mol. The Morgan fingerprint density at radius 2 is 1.94 bits per heavy atom. The molecule has 0 fully saturated rings. The van der Waals surface area contributed by atoms with Gasteiger partial charge in [-0.2, -0.15) is 0 Å². The van der Waals surface area contributed by atoms with Crippen molar-refractivity contribution in [2.24, 2.45) is 0 Å². The van der Waals surface area contributed by atoms with Crippen molar-refractivity contribution < 1.29 is 19.8 Å². The molecule has 0 aliphatic heterocycles. The third-order valence-electron chi connectivity index (χ3n) is 2.18. The number of likely N-dealkylation sites (N-methyl/N-ethyl adjacent to an activating group) is 2. The molecule has 1 atom stereocenters. The van der Waals surface area contributed by atoms with E-state index in [1.807, 2.05) is 6.92 Å². The van der Waals surface area contributed by atoms with Gasteiger partial charge in [0.1, 0.15) is 0 Å². The van der Waals surface area contributed by atoms with Gasteiger partial charge in [0.05, 0.1) is 6.54 Å². The van der Waals surface area contributed by atoms with Crippen molar-refractivity contribution in [2.75, 3.05) is 26.2 Å². The summed E-state index contributed by atoms with van der Waals surface area (Å²) in [6, 6.07) is 0. The summed E-state index contributed by atoms with van der Waals surface area (Å²) >= 11 is 0. The van der Waals surface area contributed by atoms with Crippen LogP contribution in [-0.2, 0) is 9.59 Å². The highest BCUT2D eigenvalue weighted by Gasteiger charge is 2.32. The minimum absolute atomic E-state index is 0.0734. The van der Waals surface area contributed by atoms with E-state index < -0.39 is 11.6 Å². The van der Waals surface area contributed by atoms with Gasteiger partial charge >= 0.3 is 5.97 Å². The van der Waals surface area contributed by atoms with Crippen LogP contribution >= 0.6 is 0 Å². The molecule has 0 aliphatic rings. The van der Waals surface area contributed by atoms with Gasteiger partial charge in [-0.05, 0) is 20.4 Å². The van der Waals surface area contributed by atoms with Gasteiger partial charge in [0.15, 0.2) is 5.60 Å². The zero-order valence-corrected chi connectivity index (χ0v) is 9.99. The number of carbonyl (C=O) groups is 2. The highest BCUT2D eigenvalue weighted by atomic mass is 16.4. The Morgan fingerprint density at radius 3 is 2.31 bits per heavy atom. The molecule has 0 spiro atoms. The van der Waals surface area contributed by atoms with Crippen molar-refractivity contribution in [1.82, 2.24) is 10.2 Å². The van der Waals surface area contributed by atoms with Crippen LogP contribution in [0.25, 0.3) is 0 Å². The minimum atomic E-state index is -1.83. The lowest BCUT2D eigenvalue weighted by Crippen LogP contribution is -2.49. The van der Waals surface area contributed by atoms with Crippen LogP contribution in [0.15, 0.2) is 0 Å². The first kappa shape index (κ1) is 14.9. The minimum Gasteiger partial charge on any atom is -0.479 e. The molecule has 6 heteroatoms. The van der Waals surface area contributed by atoms with E-state index in [0.29, 0.717) is 13.1 Å². The van der Waals surface area contributed by atoms with Gasteiger partial charge in [-0.3, -0.25) is 9.69 Å². The molecule has 0 aromatic rings. The second kappa shape index (κ2) is 6.44. The van der Waals surface area contributed by atoms with E-state index in [2.05, 4.69) is 5.32 Å². The van der Waals surface area contributed by atoms with Crippen molar-refractivity contribution in [3.05, 3.63) is 0 Å². The molecule has 0 saturated heterocycles. The number of rotatable bonds is 7. The summed E-state index contributed by atoms with van der Waals surface area (Å²) in [6.07, 6.45) is 0. The fourth-order valence-corrected chi connectivity index (χ4v) is 1.24. The van der Waals surface area contributed by atoms with E-state index in [-0.39, 0.29) is 19.0 Å². The molecular formula is C10H20N2O4. The molecule has 1 unspecified atom stereocenters. The average Bonchev–Trinajstić information content (AvgIpc) is 2.16. The number of hydrogen-bond donors (Lipinski definition) is 3. The highest BCUT2D eigenvalue weighted by molar-refractivity contribution is 5.79. The van der Waals surface area contributed by atoms with Gasteiger partial charge in [0.25, 0.3) is 0 Å². The number of hydrogen-bond acceptors (Lipinski definition) is 4. The van der Waals surface area contributed by atoms with Gasteiger partial charge in [-0.25, -0.2) is 4.79 Å². The van der Waals surface area contributed by atoms with Crippen LogP contribution in [0.2, 0.25) is 0 Å². The monoisotopic (exact) mass is 232 g/mol. The fourth-order valence-electron chi connectivity index (χ4n) is 1.24. The zero-order valence-electron chi connectivity index (χ0n) is 9.99. The zero-order chi connectivity index (χ0) is 12.8. The largest absolute Gasteiger partial charge is 0.479 e. The molecular weight excluding hydrogens is 212 g/mol. The maximum absolute atomic E-state index is 11.3. The van der Waals surface area contributed by atoms with Gasteiger partial charge in [-0.15, -0.1) is 0 Å². The maximum atomic E-state index is 11.3. The Hall–Kier alpha value is -1.14. The molecule has 0 bridgehead atoms. The van der Waals surface area contributed by atoms with Crippen LogP contribution in [-0.4, -0.2) is 58.8 Å². The van der Waals surface area contributed by atoms with E-state index in [9.17, 15) is 14.7 Å². The molecule has 1 amide bonds. The van der Waals surface area contributed by atoms with Gasteiger partial charge < -0.3 is 15.5 Å². The predicted octanol–water partition coefficient (Wildman–Crippen LogP) is -0.720. The number of carboxylic acid groups (broad SMARTS) is 1. The first-order valence-corrected chi connectivity index (χ1v) is 5.28. The molecule has 0 radical (unpaired) electrons. The molecule has 94 valence electrons. The van der Waals surface area contributed by atoms with Gasteiger partial charge in [0, 0.05) is 13.1 Å². The number of nitrogens with zero attached hydrogens (tertiary/aromatic N) is 1. The fraction of sp³-hybridized carbons (Fsp3) is 0.800. The standard InChI is InChI=1S/C10H20N2O4/c1-4-11-8(13)6-12(5-2)7-10(3,16)9(14)15/h16H,4-7H2,1-3H3,(H,11,13)(H,14,15). The van der Waals surface area contributed by atoms with Gasteiger partial charge in [-0.1, -0.05) is 6.92 Å². The second-order valence-corrected chi connectivity index (χ2v) is 3.84. The molecule has 0 aromatic heterocycles. The summed E-state index contributed by atoms with van der Waals surface area (Å²) in [5.41, 5.74) is -1.83. The van der Waals surface area contributed by atoms with Crippen LogP contribution in [0.4, 0.5) is 0 Å². The number of aliphatic carboxylic acids is 1. The lowest BCUT2D eigenvalue weighted by Gasteiger charge is -2.27. The van der Waals surface area contributed by atoms with E-state index in [0.717, 1.165) is 0 Å². The summed E-state index contributed by atoms with van der Waals surface area (Å²) in [5.74, 6) is -1.47. The average molecular weight is 232 g/mol. The third kappa shape index (κ3) is 5.09. The Labute approximate surface area is 95.2 Å². The van der Waals surface area contributed by atoms with Crippen molar-refractivity contribution in [3.8, 4) is 0 Å².